The molecule has 2 saturated heterocycles. The molecule has 8 rings (SSSR count). The van der Waals surface area contributed by atoms with Crippen molar-refractivity contribution in [2.45, 2.75) is 110 Å². The number of hydrogen-bond donors (Lipinski definition) is 4. The zero-order valence-corrected chi connectivity index (χ0v) is 36.5. The van der Waals surface area contributed by atoms with Crippen molar-refractivity contribution in [3.8, 4) is 0 Å². The fourth-order valence-electron chi connectivity index (χ4n) is 8.46. The summed E-state index contributed by atoms with van der Waals surface area (Å²) < 4.78 is 0. The lowest BCUT2D eigenvalue weighted by atomic mass is 9.99. The van der Waals surface area contributed by atoms with Crippen LogP contribution in [-0.2, 0) is 13.1 Å². The van der Waals surface area contributed by atoms with Crippen molar-refractivity contribution < 1.29 is 0 Å². The molecule has 59 heavy (non-hydrogen) atoms. The number of rotatable bonds is 10. The van der Waals surface area contributed by atoms with E-state index in [0.29, 0.717) is 12.1 Å². The van der Waals surface area contributed by atoms with E-state index < -0.39 is 0 Å². The van der Waals surface area contributed by atoms with Crippen molar-refractivity contribution in [3.05, 3.63) is 132 Å². The first kappa shape index (κ1) is 42.0. The standard InChI is InChI=1S/C26H34N4.C25H32N4/c1-19-9-11-20(12-10-19)18-27-25-17-24(22-7-5-6-8-23(22)28-25)30-15-13-21(14-16-30)29-26(2,3)4;1-25(2,3)28-20-13-15-29(16-14-20)23-17-24(26-18-19-9-5-4-6-10-19)27-22-12-8-7-11-21(22)23/h5-12,17,21,29H,13-16,18H2,1-4H3,(H,27,28);4-12,17,20,28H,13-16,18H2,1-3H3,(H,26,27). The number of nitrogens with zero attached hydrogens (tertiary/aromatic N) is 4. The molecular weight excluding hydrogens is 725 g/mol. The summed E-state index contributed by atoms with van der Waals surface area (Å²) in [5, 5.41) is 17.1. The number of pyridine rings is 2. The number of para-hydroxylation sites is 2. The van der Waals surface area contributed by atoms with Crippen LogP contribution in [0.15, 0.2) is 115 Å². The summed E-state index contributed by atoms with van der Waals surface area (Å²) in [7, 11) is 0. The third-order valence-corrected chi connectivity index (χ3v) is 11.2. The van der Waals surface area contributed by atoms with Gasteiger partial charge >= 0.3 is 0 Å². The third kappa shape index (κ3) is 12.0. The molecule has 0 aliphatic carbocycles. The molecule has 0 spiro atoms. The minimum atomic E-state index is 0.170. The van der Waals surface area contributed by atoms with Crippen LogP contribution in [-0.4, -0.2) is 59.3 Å². The fraction of sp³-hybridized carbons (Fsp3) is 0.412. The first-order valence-electron chi connectivity index (χ1n) is 21.8. The van der Waals surface area contributed by atoms with Crippen LogP contribution in [0.5, 0.6) is 0 Å². The van der Waals surface area contributed by atoms with E-state index in [2.05, 4.69) is 189 Å². The second-order valence-electron chi connectivity index (χ2n) is 18.6. The SMILES string of the molecule is CC(C)(C)NC1CCN(c2cc(NCc3ccccc3)nc3ccccc23)CC1.Cc1ccc(CNc2cc(N3CCC(NC(C)(C)C)CC3)c3ccccc3n2)cc1. The van der Waals surface area contributed by atoms with E-state index >= 15 is 0 Å². The van der Waals surface area contributed by atoms with Crippen LogP contribution < -0.4 is 31.1 Å². The van der Waals surface area contributed by atoms with Gasteiger partial charge in [-0.3, -0.25) is 0 Å². The Balaban J connectivity index is 0.000000179. The van der Waals surface area contributed by atoms with Crippen molar-refractivity contribution in [2.24, 2.45) is 0 Å². The average molecular weight is 791 g/mol. The molecule has 0 radical (unpaired) electrons. The number of fused-ring (bicyclic) bond motifs is 2. The fourth-order valence-corrected chi connectivity index (χ4v) is 8.46. The number of hydrogen-bond acceptors (Lipinski definition) is 8. The van der Waals surface area contributed by atoms with Gasteiger partial charge in [-0.25, -0.2) is 9.97 Å². The van der Waals surface area contributed by atoms with E-state index in [-0.39, 0.29) is 11.1 Å². The number of benzene rings is 4. The van der Waals surface area contributed by atoms with Gasteiger partial charge in [-0.15, -0.1) is 0 Å². The largest absolute Gasteiger partial charge is 0.371 e. The number of nitrogens with one attached hydrogen (secondary N) is 4. The van der Waals surface area contributed by atoms with Gasteiger partial charge in [0, 0.05) is 96.7 Å². The monoisotopic (exact) mass is 791 g/mol. The predicted octanol–water partition coefficient (Wildman–Crippen LogP) is 10.7. The molecule has 0 atom stereocenters. The highest BCUT2D eigenvalue weighted by Gasteiger charge is 2.26. The summed E-state index contributed by atoms with van der Waals surface area (Å²) >= 11 is 0. The summed E-state index contributed by atoms with van der Waals surface area (Å²) in [6.07, 6.45) is 4.67. The Labute approximate surface area is 353 Å². The second-order valence-corrected chi connectivity index (χ2v) is 18.6. The summed E-state index contributed by atoms with van der Waals surface area (Å²) in [6, 6.07) is 41.8. The Morgan fingerprint density at radius 1 is 0.508 bits per heavy atom. The van der Waals surface area contributed by atoms with Crippen molar-refractivity contribution in [3.63, 3.8) is 0 Å². The summed E-state index contributed by atoms with van der Waals surface area (Å²) in [5.74, 6) is 1.89. The molecule has 310 valence electrons. The zero-order valence-electron chi connectivity index (χ0n) is 36.5. The molecule has 8 nitrogen and oxygen atoms in total. The van der Waals surface area contributed by atoms with Gasteiger partial charge in [-0.05, 0) is 97.4 Å². The highest BCUT2D eigenvalue weighted by Crippen LogP contribution is 2.33. The first-order valence-corrected chi connectivity index (χ1v) is 21.8. The van der Waals surface area contributed by atoms with Crippen molar-refractivity contribution in [1.82, 2.24) is 20.6 Å². The average Bonchev–Trinajstić information content (AvgIpc) is 3.22. The van der Waals surface area contributed by atoms with Gasteiger partial charge in [0.2, 0.25) is 0 Å². The van der Waals surface area contributed by atoms with Crippen molar-refractivity contribution >= 4 is 44.8 Å². The normalized spacial score (nSPS) is 15.6. The number of anilines is 4. The molecule has 0 unspecified atom stereocenters. The van der Waals surface area contributed by atoms with Crippen LogP contribution in [0.1, 0.15) is 83.9 Å². The maximum absolute atomic E-state index is 4.88. The van der Waals surface area contributed by atoms with E-state index in [1.54, 1.807) is 0 Å². The van der Waals surface area contributed by atoms with E-state index in [0.717, 1.165) is 61.9 Å². The zero-order chi connectivity index (χ0) is 41.4. The lowest BCUT2D eigenvalue weighted by molar-refractivity contribution is 0.317. The molecule has 2 aliphatic heterocycles. The molecule has 4 N–H and O–H groups in total. The summed E-state index contributed by atoms with van der Waals surface area (Å²) in [4.78, 5) is 14.8. The lowest BCUT2D eigenvalue weighted by Crippen LogP contribution is -2.49. The Morgan fingerprint density at radius 3 is 1.32 bits per heavy atom. The molecule has 0 amide bonds. The van der Waals surface area contributed by atoms with E-state index in [9.17, 15) is 0 Å². The van der Waals surface area contributed by atoms with Crippen LogP contribution in [0.2, 0.25) is 0 Å². The molecule has 2 aromatic heterocycles. The Morgan fingerprint density at radius 2 is 0.898 bits per heavy atom. The van der Waals surface area contributed by atoms with Gasteiger partial charge in [0.05, 0.1) is 11.0 Å². The molecule has 8 heteroatoms. The second kappa shape index (κ2) is 18.8. The highest BCUT2D eigenvalue weighted by atomic mass is 15.2. The van der Waals surface area contributed by atoms with Crippen molar-refractivity contribution in [1.29, 1.82) is 0 Å². The number of aryl methyl sites for hydroxylation is 1. The van der Waals surface area contributed by atoms with Gasteiger partial charge in [0.1, 0.15) is 11.6 Å². The smallest absolute Gasteiger partial charge is 0.129 e. The van der Waals surface area contributed by atoms with Crippen LogP contribution in [0.4, 0.5) is 23.0 Å². The van der Waals surface area contributed by atoms with Crippen LogP contribution >= 0.6 is 0 Å². The summed E-state index contributed by atoms with van der Waals surface area (Å²) in [6.45, 7) is 21.5. The molecule has 4 aromatic carbocycles. The predicted molar refractivity (Wildman–Crippen MR) is 252 cm³/mol. The molecule has 6 aromatic rings. The minimum absolute atomic E-state index is 0.170. The Kier molecular flexibility index (Phi) is 13.4. The quantitative estimate of drug-likeness (QED) is 0.109. The number of piperidine rings is 2. The highest BCUT2D eigenvalue weighted by molar-refractivity contribution is 5.94. The molecule has 2 fully saturated rings. The lowest BCUT2D eigenvalue weighted by Gasteiger charge is -2.37. The van der Waals surface area contributed by atoms with E-state index in [1.807, 2.05) is 6.07 Å². The summed E-state index contributed by atoms with van der Waals surface area (Å²) in [5.41, 5.74) is 8.85. The van der Waals surface area contributed by atoms with Gasteiger partial charge < -0.3 is 31.1 Å². The van der Waals surface area contributed by atoms with Crippen LogP contribution in [0.3, 0.4) is 0 Å². The molecular formula is C51H66N8. The molecule has 0 saturated carbocycles. The van der Waals surface area contributed by atoms with Gasteiger partial charge in [-0.1, -0.05) is 96.6 Å². The van der Waals surface area contributed by atoms with Gasteiger partial charge in [0.25, 0.3) is 0 Å². The van der Waals surface area contributed by atoms with Crippen molar-refractivity contribution in [2.75, 3.05) is 46.6 Å². The van der Waals surface area contributed by atoms with Gasteiger partial charge in [-0.2, -0.15) is 0 Å². The molecule has 4 heterocycles. The van der Waals surface area contributed by atoms with Crippen LogP contribution in [0.25, 0.3) is 21.8 Å². The molecule has 0 bridgehead atoms. The Hall–Kier alpha value is -5.18. The van der Waals surface area contributed by atoms with Crippen LogP contribution in [0, 0.1) is 6.92 Å². The topological polar surface area (TPSA) is 80.4 Å². The maximum atomic E-state index is 4.88. The minimum Gasteiger partial charge on any atom is -0.371 e. The third-order valence-electron chi connectivity index (χ3n) is 11.2. The van der Waals surface area contributed by atoms with E-state index in [4.69, 9.17) is 9.97 Å². The molecule has 2 aliphatic rings. The Bertz CT molecular complexity index is 2240. The maximum Gasteiger partial charge on any atom is 0.129 e. The number of aromatic nitrogens is 2. The van der Waals surface area contributed by atoms with Gasteiger partial charge in [0.15, 0.2) is 0 Å². The van der Waals surface area contributed by atoms with E-state index in [1.165, 1.54) is 64.5 Å². The first-order chi connectivity index (χ1) is 28.3.